The molecular formula is C18H28N6O2S2. The van der Waals surface area contributed by atoms with Crippen LogP contribution in [0.2, 0.25) is 0 Å². The first-order chi connectivity index (χ1) is 13.5. The summed E-state index contributed by atoms with van der Waals surface area (Å²) in [6.45, 7) is 0. The van der Waals surface area contributed by atoms with Gasteiger partial charge in [-0.25, -0.2) is 0 Å². The summed E-state index contributed by atoms with van der Waals surface area (Å²) in [4.78, 5) is 23.8. The fraction of sp³-hybridized carbons (Fsp3) is 0.778. The highest BCUT2D eigenvalue weighted by molar-refractivity contribution is 7.80. The van der Waals surface area contributed by atoms with Gasteiger partial charge in [0, 0.05) is 12.1 Å². The molecule has 0 heterocycles. The Balaban J connectivity index is 1.10. The molecule has 0 unspecified atom stereocenters. The number of nitrogens with one attached hydrogen (secondary N) is 6. The van der Waals surface area contributed by atoms with Gasteiger partial charge in [0.25, 0.3) is 0 Å². The van der Waals surface area contributed by atoms with E-state index in [0.717, 1.165) is 24.7 Å². The Hall–Kier alpha value is -1.68. The molecule has 0 radical (unpaired) electrons. The molecule has 8 nitrogen and oxygen atoms in total. The van der Waals surface area contributed by atoms with E-state index >= 15 is 0 Å². The Kier molecular flexibility index (Phi) is 5.86. The van der Waals surface area contributed by atoms with Gasteiger partial charge in [-0.1, -0.05) is 12.8 Å². The Morgan fingerprint density at radius 1 is 0.607 bits per heavy atom. The minimum absolute atomic E-state index is 0.333. The normalized spacial score (nSPS) is 34.6. The second-order valence-electron chi connectivity index (χ2n) is 8.67. The molecule has 0 aromatic carbocycles. The van der Waals surface area contributed by atoms with Crippen molar-refractivity contribution in [3.8, 4) is 0 Å². The fourth-order valence-corrected chi connectivity index (χ4v) is 6.00. The average molecular weight is 425 g/mol. The number of rotatable bonds is 2. The van der Waals surface area contributed by atoms with Crippen molar-refractivity contribution < 1.29 is 9.59 Å². The van der Waals surface area contributed by atoms with E-state index in [0.29, 0.717) is 34.1 Å². The Morgan fingerprint density at radius 3 is 1.36 bits per heavy atom. The van der Waals surface area contributed by atoms with Crippen molar-refractivity contribution in [3.05, 3.63) is 0 Å². The van der Waals surface area contributed by atoms with Crippen LogP contribution in [0.15, 0.2) is 0 Å². The highest BCUT2D eigenvalue weighted by Gasteiger charge is 2.40. The second kappa shape index (κ2) is 8.36. The van der Waals surface area contributed by atoms with Gasteiger partial charge in [-0.15, -0.1) is 0 Å². The molecule has 4 fully saturated rings. The minimum Gasteiger partial charge on any atom is -0.358 e. The summed E-state index contributed by atoms with van der Waals surface area (Å²) >= 11 is 10.4. The van der Waals surface area contributed by atoms with Crippen LogP contribution in [0.5, 0.6) is 0 Å². The summed E-state index contributed by atoms with van der Waals surface area (Å²) in [6.07, 6.45) is 9.87. The predicted octanol–water partition coefficient (Wildman–Crippen LogP) is 0.354. The lowest BCUT2D eigenvalue weighted by Gasteiger charge is -2.25. The fourth-order valence-electron chi connectivity index (χ4n) is 5.59. The molecule has 0 aromatic heterocycles. The van der Waals surface area contributed by atoms with Gasteiger partial charge in [-0.2, -0.15) is 0 Å². The lowest BCUT2D eigenvalue weighted by atomic mass is 9.96. The highest BCUT2D eigenvalue weighted by atomic mass is 32.1. The van der Waals surface area contributed by atoms with Crippen molar-refractivity contribution in [2.45, 2.75) is 63.5 Å². The summed E-state index contributed by atoms with van der Waals surface area (Å²) in [5.74, 6) is 1.25. The van der Waals surface area contributed by atoms with E-state index < -0.39 is 11.8 Å². The molecule has 28 heavy (non-hydrogen) atoms. The van der Waals surface area contributed by atoms with Crippen LogP contribution < -0.4 is 32.3 Å². The first-order valence-electron chi connectivity index (χ1n) is 10.2. The lowest BCUT2D eigenvalue weighted by Crippen LogP contribution is -2.57. The maximum Gasteiger partial charge on any atom is 0.329 e. The van der Waals surface area contributed by atoms with Gasteiger partial charge in [-0.3, -0.25) is 31.3 Å². The van der Waals surface area contributed by atoms with Crippen LogP contribution in [-0.2, 0) is 9.59 Å². The van der Waals surface area contributed by atoms with Gasteiger partial charge >= 0.3 is 11.8 Å². The standard InChI is InChI=1S/C18H28N6O2S2/c25-15(21-23-17(27)19-13-7-9-1-3-11(13)5-9)16(26)22-24-18(28)20-14-8-10-2-4-12(14)6-10/h9-14H,1-8H2,(H,21,25)(H,22,26)(H2,19,23,27)(H2,20,24,28)/t9-,10-,11-,12-,13+,14+/m0/s1. The average Bonchev–Trinajstić information content (AvgIpc) is 3.45. The molecule has 4 aliphatic carbocycles. The largest absolute Gasteiger partial charge is 0.358 e. The third-order valence-electron chi connectivity index (χ3n) is 6.89. The van der Waals surface area contributed by atoms with Gasteiger partial charge in [-0.05, 0) is 86.6 Å². The monoisotopic (exact) mass is 424 g/mol. The van der Waals surface area contributed by atoms with Gasteiger partial charge in [0.15, 0.2) is 10.2 Å². The van der Waals surface area contributed by atoms with Crippen LogP contribution in [-0.4, -0.2) is 34.1 Å². The lowest BCUT2D eigenvalue weighted by molar-refractivity contribution is -0.139. The zero-order valence-electron chi connectivity index (χ0n) is 15.8. The van der Waals surface area contributed by atoms with Crippen LogP contribution >= 0.6 is 24.4 Å². The number of carbonyl (C=O) groups excluding carboxylic acids is 2. The molecular weight excluding hydrogens is 396 g/mol. The Bertz CT molecular complexity index is 618. The number of thiocarbonyl (C=S) groups is 2. The van der Waals surface area contributed by atoms with E-state index in [1.54, 1.807) is 0 Å². The molecule has 4 aliphatic rings. The summed E-state index contributed by atoms with van der Waals surface area (Å²) in [5, 5.41) is 7.14. The topological polar surface area (TPSA) is 106 Å². The highest BCUT2D eigenvalue weighted by Crippen LogP contribution is 2.45. The van der Waals surface area contributed by atoms with Crippen molar-refractivity contribution in [1.82, 2.24) is 32.3 Å². The molecule has 6 N–H and O–H groups in total. The van der Waals surface area contributed by atoms with Gasteiger partial charge in [0.05, 0.1) is 0 Å². The van der Waals surface area contributed by atoms with Crippen LogP contribution in [0.3, 0.4) is 0 Å². The second-order valence-corrected chi connectivity index (χ2v) is 9.48. The van der Waals surface area contributed by atoms with E-state index in [1.807, 2.05) is 0 Å². The first kappa shape index (κ1) is 19.6. The Morgan fingerprint density at radius 2 is 1.04 bits per heavy atom. The van der Waals surface area contributed by atoms with Crippen molar-refractivity contribution in [2.75, 3.05) is 0 Å². The zero-order chi connectivity index (χ0) is 19.7. The van der Waals surface area contributed by atoms with Gasteiger partial charge in [0.2, 0.25) is 0 Å². The molecule has 6 atom stereocenters. The summed E-state index contributed by atoms with van der Waals surface area (Å²) < 4.78 is 0. The number of fused-ring (bicyclic) bond motifs is 4. The molecule has 2 amide bonds. The van der Waals surface area contributed by atoms with Crippen molar-refractivity contribution in [2.24, 2.45) is 23.7 Å². The summed E-state index contributed by atoms with van der Waals surface area (Å²) in [7, 11) is 0. The smallest absolute Gasteiger partial charge is 0.329 e. The molecule has 4 bridgehead atoms. The SMILES string of the molecule is O=C(NNC(=S)N[C@@H]1C[C@H]2CC[C@H]1C2)C(=O)NNC(=S)N[C@@H]1C[C@H]2CC[C@H]1C2. The summed E-state index contributed by atoms with van der Waals surface area (Å²) in [6, 6.07) is 0.723. The van der Waals surface area contributed by atoms with E-state index in [2.05, 4.69) is 32.3 Å². The number of carbonyl (C=O) groups is 2. The molecule has 154 valence electrons. The number of hydrazine groups is 2. The third kappa shape index (κ3) is 4.48. The molecule has 4 saturated carbocycles. The zero-order valence-corrected chi connectivity index (χ0v) is 17.4. The van der Waals surface area contributed by atoms with E-state index in [-0.39, 0.29) is 0 Å². The van der Waals surface area contributed by atoms with Crippen LogP contribution in [0.4, 0.5) is 0 Å². The molecule has 0 saturated heterocycles. The van der Waals surface area contributed by atoms with Crippen molar-refractivity contribution in [1.29, 1.82) is 0 Å². The van der Waals surface area contributed by atoms with Crippen molar-refractivity contribution >= 4 is 46.5 Å². The van der Waals surface area contributed by atoms with Gasteiger partial charge < -0.3 is 10.6 Å². The predicted molar refractivity (Wildman–Crippen MR) is 112 cm³/mol. The quantitative estimate of drug-likeness (QED) is 0.214. The van der Waals surface area contributed by atoms with Crippen LogP contribution in [0, 0.1) is 23.7 Å². The number of amides is 2. The van der Waals surface area contributed by atoms with Gasteiger partial charge in [0.1, 0.15) is 0 Å². The molecule has 0 aromatic rings. The van der Waals surface area contributed by atoms with Crippen LogP contribution in [0.1, 0.15) is 51.4 Å². The minimum atomic E-state index is -0.840. The molecule has 0 aliphatic heterocycles. The number of hydrogen-bond donors (Lipinski definition) is 6. The van der Waals surface area contributed by atoms with E-state index in [4.69, 9.17) is 24.4 Å². The van der Waals surface area contributed by atoms with Crippen LogP contribution in [0.25, 0.3) is 0 Å². The maximum absolute atomic E-state index is 11.9. The summed E-state index contributed by atoms with van der Waals surface area (Å²) in [5.41, 5.74) is 9.82. The Labute approximate surface area is 175 Å². The molecule has 4 rings (SSSR count). The molecule has 0 spiro atoms. The maximum atomic E-state index is 11.9. The first-order valence-corrected chi connectivity index (χ1v) is 11.0. The van der Waals surface area contributed by atoms with E-state index in [9.17, 15) is 9.59 Å². The van der Waals surface area contributed by atoms with E-state index in [1.165, 1.54) is 38.5 Å². The third-order valence-corrected chi connectivity index (χ3v) is 7.33. The molecule has 10 heteroatoms. The number of hydrogen-bond acceptors (Lipinski definition) is 4. The van der Waals surface area contributed by atoms with Crippen molar-refractivity contribution in [3.63, 3.8) is 0 Å².